The monoisotopic (exact) mass is 417 g/mol. The summed E-state index contributed by atoms with van der Waals surface area (Å²) in [5.41, 5.74) is 2.02. The van der Waals surface area contributed by atoms with E-state index >= 15 is 0 Å². The van der Waals surface area contributed by atoms with Gasteiger partial charge in [0, 0.05) is 16.9 Å². The minimum Gasteiger partial charge on any atom is -0.245 e. The zero-order valence-electron chi connectivity index (χ0n) is 14.5. The second-order valence-electron chi connectivity index (χ2n) is 5.89. The second kappa shape index (κ2) is 8.19. The topological polar surface area (TPSA) is 74.1 Å². The molecule has 0 aliphatic heterocycles. The maximum atomic E-state index is 13.2. The van der Waals surface area contributed by atoms with E-state index < -0.39 is 10.0 Å². The minimum absolute atomic E-state index is 0.162. The number of nitriles is 1. The van der Waals surface area contributed by atoms with Crippen LogP contribution in [0.5, 0.6) is 0 Å². The average Bonchev–Trinajstić information content (AvgIpc) is 3.07. The zero-order chi connectivity index (χ0) is 19.4. The molecular formula is C19H16ClN3O2S2. The molecule has 0 unspecified atom stereocenters. The lowest BCUT2D eigenvalue weighted by Crippen LogP contribution is -2.30. The Morgan fingerprint density at radius 2 is 1.78 bits per heavy atom. The van der Waals surface area contributed by atoms with Gasteiger partial charge in [-0.15, -0.1) is 11.3 Å². The van der Waals surface area contributed by atoms with Crippen molar-refractivity contribution in [3.8, 4) is 6.07 Å². The normalized spacial score (nSPS) is 11.5. The summed E-state index contributed by atoms with van der Waals surface area (Å²) in [6.07, 6.45) is 0. The second-order valence-corrected chi connectivity index (χ2v) is 9.33. The van der Waals surface area contributed by atoms with Gasteiger partial charge in [-0.3, -0.25) is 0 Å². The van der Waals surface area contributed by atoms with E-state index in [1.807, 2.05) is 12.3 Å². The number of hydrogen-bond acceptors (Lipinski definition) is 5. The number of aryl methyl sites for hydroxylation is 1. The number of hydrogen-bond donors (Lipinski definition) is 0. The first kappa shape index (κ1) is 19.5. The van der Waals surface area contributed by atoms with Crippen LogP contribution in [0.2, 0.25) is 5.02 Å². The molecule has 0 amide bonds. The van der Waals surface area contributed by atoms with E-state index in [9.17, 15) is 8.42 Å². The van der Waals surface area contributed by atoms with Crippen molar-refractivity contribution in [2.75, 3.05) is 0 Å². The molecule has 3 aromatic rings. The molecule has 0 saturated carbocycles. The van der Waals surface area contributed by atoms with Crippen LogP contribution >= 0.6 is 22.9 Å². The van der Waals surface area contributed by atoms with Gasteiger partial charge in [0.1, 0.15) is 0 Å². The Morgan fingerprint density at radius 1 is 1.11 bits per heavy atom. The van der Waals surface area contributed by atoms with Crippen LogP contribution in [0.1, 0.15) is 21.8 Å². The quantitative estimate of drug-likeness (QED) is 0.596. The number of benzene rings is 2. The van der Waals surface area contributed by atoms with Gasteiger partial charge in [-0.25, -0.2) is 13.4 Å². The molecule has 2 aromatic carbocycles. The number of thiazole rings is 1. The van der Waals surface area contributed by atoms with Crippen LogP contribution in [-0.2, 0) is 23.1 Å². The van der Waals surface area contributed by atoms with Gasteiger partial charge in [0.15, 0.2) is 0 Å². The predicted octanol–water partition coefficient (Wildman–Crippen LogP) is 4.37. The molecule has 0 N–H and O–H groups in total. The van der Waals surface area contributed by atoms with E-state index in [0.29, 0.717) is 16.3 Å². The first-order chi connectivity index (χ1) is 12.9. The van der Waals surface area contributed by atoms with Crippen molar-refractivity contribution in [3.05, 3.63) is 80.8 Å². The van der Waals surface area contributed by atoms with Gasteiger partial charge in [-0.1, -0.05) is 23.7 Å². The molecule has 0 aliphatic rings. The molecule has 27 heavy (non-hydrogen) atoms. The molecule has 0 bridgehead atoms. The molecule has 5 nitrogen and oxygen atoms in total. The Labute approximate surface area is 167 Å². The van der Waals surface area contributed by atoms with Crippen molar-refractivity contribution in [1.82, 2.24) is 9.29 Å². The van der Waals surface area contributed by atoms with Gasteiger partial charge in [-0.2, -0.15) is 9.57 Å². The van der Waals surface area contributed by atoms with E-state index in [0.717, 1.165) is 10.6 Å². The number of halogens is 1. The molecule has 0 spiro atoms. The summed E-state index contributed by atoms with van der Waals surface area (Å²) in [5, 5.41) is 12.1. The summed E-state index contributed by atoms with van der Waals surface area (Å²) in [5.74, 6) is 0. The highest BCUT2D eigenvalue weighted by atomic mass is 35.5. The Kier molecular flexibility index (Phi) is 5.92. The highest BCUT2D eigenvalue weighted by Gasteiger charge is 2.25. The van der Waals surface area contributed by atoms with Crippen molar-refractivity contribution < 1.29 is 8.42 Å². The third kappa shape index (κ3) is 4.73. The summed E-state index contributed by atoms with van der Waals surface area (Å²) >= 11 is 7.37. The van der Waals surface area contributed by atoms with Gasteiger partial charge in [0.25, 0.3) is 0 Å². The van der Waals surface area contributed by atoms with Crippen molar-refractivity contribution in [2.45, 2.75) is 24.9 Å². The minimum atomic E-state index is -3.75. The fourth-order valence-electron chi connectivity index (χ4n) is 2.53. The standard InChI is InChI=1S/C19H16ClN3O2S2/c1-14-22-18(13-26-14)12-23(11-16-4-2-15(10-21)3-5-16)27(24,25)19-8-6-17(20)7-9-19/h2-9,13H,11-12H2,1H3. The lowest BCUT2D eigenvalue weighted by molar-refractivity contribution is 0.397. The molecule has 0 fully saturated rings. The van der Waals surface area contributed by atoms with E-state index in [1.165, 1.54) is 27.8 Å². The maximum absolute atomic E-state index is 13.2. The van der Waals surface area contributed by atoms with Gasteiger partial charge in [0.2, 0.25) is 10.0 Å². The lowest BCUT2D eigenvalue weighted by Gasteiger charge is -2.22. The van der Waals surface area contributed by atoms with E-state index in [4.69, 9.17) is 16.9 Å². The molecule has 138 valence electrons. The van der Waals surface area contributed by atoms with Crippen LogP contribution in [0.3, 0.4) is 0 Å². The average molecular weight is 418 g/mol. The lowest BCUT2D eigenvalue weighted by atomic mass is 10.1. The molecule has 1 aromatic heterocycles. The Bertz CT molecular complexity index is 1070. The Hall–Kier alpha value is -2.24. The van der Waals surface area contributed by atoms with E-state index in [1.54, 1.807) is 36.4 Å². The first-order valence-corrected chi connectivity index (χ1v) is 10.7. The number of aromatic nitrogens is 1. The molecule has 3 rings (SSSR count). The van der Waals surface area contributed by atoms with E-state index in [-0.39, 0.29) is 18.0 Å². The fourth-order valence-corrected chi connectivity index (χ4v) is 4.66. The summed E-state index contributed by atoms with van der Waals surface area (Å²) in [6.45, 7) is 2.22. The molecular weight excluding hydrogens is 402 g/mol. The summed E-state index contributed by atoms with van der Waals surface area (Å²) in [7, 11) is -3.75. The summed E-state index contributed by atoms with van der Waals surface area (Å²) in [4.78, 5) is 4.56. The largest absolute Gasteiger partial charge is 0.245 e. The molecule has 1 heterocycles. The van der Waals surface area contributed by atoms with Crippen LogP contribution in [-0.4, -0.2) is 17.7 Å². The smallest absolute Gasteiger partial charge is 0.243 e. The predicted molar refractivity (Wildman–Crippen MR) is 106 cm³/mol. The van der Waals surface area contributed by atoms with Crippen molar-refractivity contribution in [1.29, 1.82) is 5.26 Å². The van der Waals surface area contributed by atoms with Crippen LogP contribution in [0, 0.1) is 18.3 Å². The first-order valence-electron chi connectivity index (χ1n) is 8.04. The Morgan fingerprint density at radius 3 is 2.33 bits per heavy atom. The van der Waals surface area contributed by atoms with E-state index in [2.05, 4.69) is 11.1 Å². The molecule has 8 heteroatoms. The fraction of sp³-hybridized carbons (Fsp3) is 0.158. The van der Waals surface area contributed by atoms with Crippen molar-refractivity contribution in [2.24, 2.45) is 0 Å². The van der Waals surface area contributed by atoms with Crippen LogP contribution in [0.25, 0.3) is 0 Å². The van der Waals surface area contributed by atoms with Crippen LogP contribution < -0.4 is 0 Å². The maximum Gasteiger partial charge on any atom is 0.243 e. The molecule has 0 aliphatic carbocycles. The highest BCUT2D eigenvalue weighted by molar-refractivity contribution is 7.89. The van der Waals surface area contributed by atoms with Crippen LogP contribution in [0.4, 0.5) is 0 Å². The summed E-state index contributed by atoms with van der Waals surface area (Å²) < 4.78 is 27.8. The Balaban J connectivity index is 1.95. The number of rotatable bonds is 6. The number of nitrogens with zero attached hydrogens (tertiary/aromatic N) is 3. The van der Waals surface area contributed by atoms with Crippen molar-refractivity contribution in [3.63, 3.8) is 0 Å². The van der Waals surface area contributed by atoms with Crippen LogP contribution in [0.15, 0.2) is 58.8 Å². The zero-order valence-corrected chi connectivity index (χ0v) is 16.9. The SMILES string of the molecule is Cc1nc(CN(Cc2ccc(C#N)cc2)S(=O)(=O)c2ccc(Cl)cc2)cs1. The summed E-state index contributed by atoms with van der Waals surface area (Å²) in [6, 6.07) is 15.0. The van der Waals surface area contributed by atoms with Gasteiger partial charge < -0.3 is 0 Å². The van der Waals surface area contributed by atoms with Crippen molar-refractivity contribution >= 4 is 33.0 Å². The van der Waals surface area contributed by atoms with Gasteiger partial charge in [0.05, 0.1) is 33.8 Å². The molecule has 0 atom stereocenters. The molecule has 0 radical (unpaired) electrons. The van der Waals surface area contributed by atoms with Gasteiger partial charge >= 0.3 is 0 Å². The third-order valence-corrected chi connectivity index (χ3v) is 6.78. The highest BCUT2D eigenvalue weighted by Crippen LogP contribution is 2.23. The van der Waals surface area contributed by atoms with Gasteiger partial charge in [-0.05, 0) is 48.9 Å². The molecule has 0 saturated heterocycles. The third-order valence-electron chi connectivity index (χ3n) is 3.90. The number of sulfonamides is 1.